The molecule has 0 spiro atoms. The molecule has 0 aliphatic heterocycles. The highest BCUT2D eigenvalue weighted by Gasteiger charge is 2.18. The Morgan fingerprint density at radius 1 is 1.08 bits per heavy atom. The zero-order valence-corrected chi connectivity index (χ0v) is 14.3. The van der Waals surface area contributed by atoms with Crippen LogP contribution in [0.4, 0.5) is 14.5 Å². The van der Waals surface area contributed by atoms with Gasteiger partial charge in [-0.1, -0.05) is 23.2 Å². The van der Waals surface area contributed by atoms with Crippen molar-refractivity contribution in [3.8, 4) is 11.5 Å². The van der Waals surface area contributed by atoms with E-state index >= 15 is 0 Å². The van der Waals surface area contributed by atoms with Gasteiger partial charge in [0.25, 0.3) is 0 Å². The van der Waals surface area contributed by atoms with Crippen LogP contribution in [0.2, 0.25) is 10.0 Å². The Morgan fingerprint density at radius 2 is 1.72 bits per heavy atom. The maximum Gasteiger partial charge on any atom is 0.397 e. The molecule has 0 radical (unpaired) electrons. The van der Waals surface area contributed by atoms with Crippen molar-refractivity contribution in [2.75, 3.05) is 11.9 Å². The largest absolute Gasteiger partial charge is 0.459 e. The van der Waals surface area contributed by atoms with Crippen LogP contribution in [0, 0.1) is 11.6 Å². The first-order chi connectivity index (χ1) is 11.8. The van der Waals surface area contributed by atoms with Crippen molar-refractivity contribution < 1.29 is 27.8 Å². The van der Waals surface area contributed by atoms with Crippen LogP contribution >= 0.6 is 23.2 Å². The molecule has 0 saturated carbocycles. The molecule has 1 N–H and O–H groups in total. The second-order valence-electron chi connectivity index (χ2n) is 4.62. The summed E-state index contributed by atoms with van der Waals surface area (Å²) in [7, 11) is 0. The molecule has 0 saturated heterocycles. The van der Waals surface area contributed by atoms with Gasteiger partial charge >= 0.3 is 11.9 Å². The lowest BCUT2D eigenvalue weighted by molar-refractivity contribution is -0.152. The standard InChI is InChI=1S/C16H11Cl2F2NO4/c1-2-24-16(23)15(22)21-8-5-10(17)14(11(18)6-8)25-9-3-4-12(19)13(20)7-9/h3-7H,2H2,1H3,(H,21,22). The van der Waals surface area contributed by atoms with Crippen molar-refractivity contribution >= 4 is 40.8 Å². The average Bonchev–Trinajstić information content (AvgIpc) is 2.54. The number of halogens is 4. The molecule has 0 aliphatic carbocycles. The van der Waals surface area contributed by atoms with E-state index in [2.05, 4.69) is 10.1 Å². The van der Waals surface area contributed by atoms with Crippen molar-refractivity contribution in [2.24, 2.45) is 0 Å². The van der Waals surface area contributed by atoms with Gasteiger partial charge in [0.1, 0.15) is 5.75 Å². The van der Waals surface area contributed by atoms with Gasteiger partial charge < -0.3 is 14.8 Å². The molecule has 1 amide bonds. The Bertz CT molecular complexity index is 807. The summed E-state index contributed by atoms with van der Waals surface area (Å²) in [6, 6.07) is 5.47. The molecule has 0 fully saturated rings. The molecular formula is C16H11Cl2F2NO4. The Balaban J connectivity index is 2.20. The molecule has 25 heavy (non-hydrogen) atoms. The summed E-state index contributed by atoms with van der Waals surface area (Å²) in [6.45, 7) is 1.61. The molecule has 9 heteroatoms. The van der Waals surface area contributed by atoms with Crippen molar-refractivity contribution in [1.82, 2.24) is 0 Å². The van der Waals surface area contributed by atoms with Gasteiger partial charge in [0, 0.05) is 11.8 Å². The van der Waals surface area contributed by atoms with E-state index in [1.54, 1.807) is 6.92 Å². The molecule has 2 aromatic carbocycles. The Morgan fingerprint density at radius 3 is 2.28 bits per heavy atom. The number of ether oxygens (including phenoxy) is 2. The van der Waals surface area contributed by atoms with E-state index in [-0.39, 0.29) is 33.8 Å². The second-order valence-corrected chi connectivity index (χ2v) is 5.44. The molecule has 2 aromatic rings. The van der Waals surface area contributed by atoms with E-state index in [0.29, 0.717) is 0 Å². The highest BCUT2D eigenvalue weighted by molar-refractivity contribution is 6.39. The monoisotopic (exact) mass is 389 g/mol. The first-order valence-corrected chi connectivity index (χ1v) is 7.67. The van der Waals surface area contributed by atoms with E-state index in [1.807, 2.05) is 0 Å². The summed E-state index contributed by atoms with van der Waals surface area (Å²) in [6.07, 6.45) is 0. The van der Waals surface area contributed by atoms with Crippen molar-refractivity contribution in [3.05, 3.63) is 52.0 Å². The van der Waals surface area contributed by atoms with E-state index in [4.69, 9.17) is 27.9 Å². The molecule has 0 atom stereocenters. The number of nitrogens with one attached hydrogen (secondary N) is 1. The van der Waals surface area contributed by atoms with Crippen molar-refractivity contribution in [1.29, 1.82) is 0 Å². The third-order valence-corrected chi connectivity index (χ3v) is 3.39. The van der Waals surface area contributed by atoms with Crippen molar-refractivity contribution in [3.63, 3.8) is 0 Å². The third-order valence-electron chi connectivity index (χ3n) is 2.83. The van der Waals surface area contributed by atoms with Crippen LogP contribution in [0.15, 0.2) is 30.3 Å². The quantitative estimate of drug-likeness (QED) is 0.614. The average molecular weight is 390 g/mol. The molecule has 0 heterocycles. The SMILES string of the molecule is CCOC(=O)C(=O)Nc1cc(Cl)c(Oc2ccc(F)c(F)c2)c(Cl)c1. The molecule has 132 valence electrons. The van der Waals surface area contributed by atoms with Gasteiger partial charge in [-0.25, -0.2) is 13.6 Å². The fraction of sp³-hybridized carbons (Fsp3) is 0.125. The molecule has 2 rings (SSSR count). The van der Waals surface area contributed by atoms with Crippen LogP contribution in [0.1, 0.15) is 6.92 Å². The smallest absolute Gasteiger partial charge is 0.397 e. The fourth-order valence-electron chi connectivity index (χ4n) is 1.77. The van der Waals surface area contributed by atoms with E-state index in [9.17, 15) is 18.4 Å². The maximum absolute atomic E-state index is 13.2. The van der Waals surface area contributed by atoms with Crippen LogP contribution in [-0.2, 0) is 14.3 Å². The Labute approximate surface area is 151 Å². The predicted molar refractivity (Wildman–Crippen MR) is 88.2 cm³/mol. The predicted octanol–water partition coefficient (Wildman–Crippen LogP) is 4.57. The van der Waals surface area contributed by atoms with Crippen molar-refractivity contribution in [2.45, 2.75) is 6.92 Å². The number of anilines is 1. The molecule has 0 unspecified atom stereocenters. The fourth-order valence-corrected chi connectivity index (χ4v) is 2.33. The number of rotatable bonds is 4. The zero-order valence-electron chi connectivity index (χ0n) is 12.7. The minimum atomic E-state index is -1.09. The van der Waals surface area contributed by atoms with Gasteiger partial charge in [0.05, 0.1) is 16.7 Å². The number of carbonyl (C=O) groups is 2. The minimum Gasteiger partial charge on any atom is -0.459 e. The lowest BCUT2D eigenvalue weighted by atomic mass is 10.2. The van der Waals surface area contributed by atoms with Crippen LogP contribution in [-0.4, -0.2) is 18.5 Å². The number of amides is 1. The highest BCUT2D eigenvalue weighted by atomic mass is 35.5. The number of esters is 1. The Hall–Kier alpha value is -2.38. The van der Waals surface area contributed by atoms with Gasteiger partial charge in [0.15, 0.2) is 17.4 Å². The summed E-state index contributed by atoms with van der Waals surface area (Å²) >= 11 is 12.1. The topological polar surface area (TPSA) is 64.6 Å². The number of hydrogen-bond acceptors (Lipinski definition) is 4. The third kappa shape index (κ3) is 4.80. The van der Waals surface area contributed by atoms with Gasteiger partial charge in [-0.3, -0.25) is 4.79 Å². The summed E-state index contributed by atoms with van der Waals surface area (Å²) in [5.41, 5.74) is 0.130. The van der Waals surface area contributed by atoms with Crippen LogP contribution in [0.5, 0.6) is 11.5 Å². The number of carbonyl (C=O) groups excluding carboxylic acids is 2. The zero-order chi connectivity index (χ0) is 18.6. The lowest BCUT2D eigenvalue weighted by Gasteiger charge is -2.12. The molecule has 0 aliphatic rings. The molecule has 0 bridgehead atoms. The molecular weight excluding hydrogens is 379 g/mol. The van der Waals surface area contributed by atoms with Crippen LogP contribution in [0.3, 0.4) is 0 Å². The Kier molecular flexibility index (Phi) is 6.17. The number of benzene rings is 2. The van der Waals surface area contributed by atoms with Gasteiger partial charge in [-0.05, 0) is 31.2 Å². The van der Waals surface area contributed by atoms with Gasteiger partial charge in [-0.2, -0.15) is 0 Å². The summed E-state index contributed by atoms with van der Waals surface area (Å²) < 4.78 is 36.0. The van der Waals surface area contributed by atoms with Gasteiger partial charge in [0.2, 0.25) is 0 Å². The summed E-state index contributed by atoms with van der Waals surface area (Å²) in [5, 5.41) is 2.23. The van der Waals surface area contributed by atoms with Gasteiger partial charge in [-0.15, -0.1) is 0 Å². The summed E-state index contributed by atoms with van der Waals surface area (Å²) in [5.74, 6) is -4.22. The minimum absolute atomic E-state index is 0.0172. The van der Waals surface area contributed by atoms with E-state index in [0.717, 1.165) is 12.1 Å². The first kappa shape index (κ1) is 19.0. The second kappa shape index (κ2) is 8.13. The summed E-state index contributed by atoms with van der Waals surface area (Å²) in [4.78, 5) is 22.9. The number of hydrogen-bond donors (Lipinski definition) is 1. The normalized spacial score (nSPS) is 10.3. The highest BCUT2D eigenvalue weighted by Crippen LogP contribution is 2.39. The van der Waals surface area contributed by atoms with Crippen LogP contribution < -0.4 is 10.1 Å². The molecule has 5 nitrogen and oxygen atoms in total. The lowest BCUT2D eigenvalue weighted by Crippen LogP contribution is -2.24. The molecule has 0 aromatic heterocycles. The first-order valence-electron chi connectivity index (χ1n) is 6.92. The van der Waals surface area contributed by atoms with E-state index < -0.39 is 23.5 Å². The van der Waals surface area contributed by atoms with E-state index in [1.165, 1.54) is 18.2 Å². The van der Waals surface area contributed by atoms with Crippen LogP contribution in [0.25, 0.3) is 0 Å². The maximum atomic E-state index is 13.2.